The zero-order valence-corrected chi connectivity index (χ0v) is 10.7. The van der Waals surface area contributed by atoms with Gasteiger partial charge in [0.15, 0.2) is 0 Å². The number of piperidine rings is 3. The Hall–Kier alpha value is 0.520. The van der Waals surface area contributed by atoms with Crippen molar-refractivity contribution in [2.45, 2.75) is 30.8 Å². The summed E-state index contributed by atoms with van der Waals surface area (Å²) in [6.07, 6.45) is 2.74. The molecule has 0 aromatic carbocycles. The molecule has 4 aliphatic rings. The summed E-state index contributed by atoms with van der Waals surface area (Å²) in [6.45, 7) is 6.02. The van der Waals surface area contributed by atoms with Crippen molar-refractivity contribution in [3.63, 3.8) is 0 Å². The number of ether oxygens (including phenoxy) is 1. The van der Waals surface area contributed by atoms with Crippen LogP contribution in [0, 0.1) is 5.92 Å². The molecular formula is C10H20ClNO2S. The topological polar surface area (TPSA) is 44.0 Å². The molecule has 2 atom stereocenters. The van der Waals surface area contributed by atoms with Gasteiger partial charge in [-0.05, 0) is 38.8 Å². The summed E-state index contributed by atoms with van der Waals surface area (Å²) >= 11 is 1.99. The van der Waals surface area contributed by atoms with E-state index >= 15 is 0 Å². The Morgan fingerprint density at radius 2 is 2.00 bits per heavy atom. The van der Waals surface area contributed by atoms with E-state index < -0.39 is 0 Å². The molecular weight excluding hydrogens is 234 g/mol. The Morgan fingerprint density at radius 3 is 2.40 bits per heavy atom. The molecule has 0 aromatic rings. The molecule has 4 fully saturated rings. The quantitative estimate of drug-likeness (QED) is 0.651. The summed E-state index contributed by atoms with van der Waals surface area (Å²) in [5.74, 6) is 2.09. The van der Waals surface area contributed by atoms with Gasteiger partial charge in [-0.3, -0.25) is 0 Å². The predicted octanol–water partition coefficient (Wildman–Crippen LogP) is 1.16. The van der Waals surface area contributed by atoms with Crippen LogP contribution in [-0.2, 0) is 4.74 Å². The molecule has 2 unspecified atom stereocenters. The lowest BCUT2D eigenvalue weighted by atomic mass is 9.76. The molecule has 0 saturated carbocycles. The fourth-order valence-corrected chi connectivity index (χ4v) is 4.25. The standard InChI is InChI=1S/C10H17NOS.ClH.H2O/c1-8-12-10(7-13-8)6-11-4-2-9(10)3-5-11;;/h8-9H,2-7H2,1H3;1H;1H2. The van der Waals surface area contributed by atoms with E-state index in [0.29, 0.717) is 5.44 Å². The van der Waals surface area contributed by atoms with Crippen molar-refractivity contribution in [2.24, 2.45) is 5.92 Å². The largest absolute Gasteiger partial charge is 0.412 e. The molecule has 2 N–H and O–H groups in total. The van der Waals surface area contributed by atoms with Crippen LogP contribution in [0.2, 0.25) is 0 Å². The van der Waals surface area contributed by atoms with E-state index in [1.807, 2.05) is 11.8 Å². The lowest BCUT2D eigenvalue weighted by molar-refractivity contribution is -0.133. The molecule has 4 saturated heterocycles. The summed E-state index contributed by atoms with van der Waals surface area (Å²) in [4.78, 5) is 2.58. The third-order valence-electron chi connectivity index (χ3n) is 3.79. The molecule has 15 heavy (non-hydrogen) atoms. The molecule has 0 radical (unpaired) electrons. The van der Waals surface area contributed by atoms with Crippen LogP contribution in [0.15, 0.2) is 0 Å². The molecule has 90 valence electrons. The van der Waals surface area contributed by atoms with Crippen LogP contribution in [0.3, 0.4) is 0 Å². The lowest BCUT2D eigenvalue weighted by Gasteiger charge is -2.50. The monoisotopic (exact) mass is 253 g/mol. The van der Waals surface area contributed by atoms with Crippen LogP contribution in [0.5, 0.6) is 0 Å². The number of nitrogens with zero attached hydrogens (tertiary/aromatic N) is 1. The van der Waals surface area contributed by atoms with Crippen LogP contribution in [0.1, 0.15) is 19.8 Å². The van der Waals surface area contributed by atoms with Crippen molar-refractivity contribution in [2.75, 3.05) is 25.4 Å². The van der Waals surface area contributed by atoms with Crippen LogP contribution >= 0.6 is 24.2 Å². The van der Waals surface area contributed by atoms with Gasteiger partial charge in [-0.25, -0.2) is 0 Å². The highest BCUT2D eigenvalue weighted by molar-refractivity contribution is 8.00. The van der Waals surface area contributed by atoms with Crippen LogP contribution in [-0.4, -0.2) is 46.8 Å². The van der Waals surface area contributed by atoms with E-state index in [4.69, 9.17) is 4.74 Å². The second-order valence-electron chi connectivity index (χ2n) is 4.61. The van der Waals surface area contributed by atoms with Gasteiger partial charge in [-0.15, -0.1) is 24.2 Å². The minimum atomic E-state index is 0. The second kappa shape index (κ2) is 4.80. The predicted molar refractivity (Wildman–Crippen MR) is 65.8 cm³/mol. The van der Waals surface area contributed by atoms with Gasteiger partial charge in [-0.1, -0.05) is 0 Å². The third kappa shape index (κ3) is 2.15. The highest BCUT2D eigenvalue weighted by atomic mass is 35.5. The Bertz CT molecular complexity index is 223. The van der Waals surface area contributed by atoms with Gasteiger partial charge in [0.25, 0.3) is 0 Å². The minimum absolute atomic E-state index is 0. The van der Waals surface area contributed by atoms with Gasteiger partial charge in [0.1, 0.15) is 5.44 Å². The van der Waals surface area contributed by atoms with Gasteiger partial charge < -0.3 is 15.1 Å². The number of fused-ring (bicyclic) bond motifs is 2. The number of hydrogen-bond donors (Lipinski definition) is 0. The first-order chi connectivity index (χ1) is 6.28. The maximum atomic E-state index is 6.14. The van der Waals surface area contributed by atoms with Crippen molar-refractivity contribution >= 4 is 24.2 Å². The van der Waals surface area contributed by atoms with E-state index in [2.05, 4.69) is 11.8 Å². The Labute approximate surface area is 102 Å². The van der Waals surface area contributed by atoms with Crippen molar-refractivity contribution in [1.82, 2.24) is 4.90 Å². The molecule has 0 aliphatic carbocycles. The normalized spacial score (nSPS) is 47.4. The van der Waals surface area contributed by atoms with Crippen molar-refractivity contribution in [1.29, 1.82) is 0 Å². The average molecular weight is 254 g/mol. The van der Waals surface area contributed by atoms with Gasteiger partial charge >= 0.3 is 0 Å². The summed E-state index contributed by atoms with van der Waals surface area (Å²) in [5, 5.41) is 0. The van der Waals surface area contributed by atoms with Crippen LogP contribution in [0.25, 0.3) is 0 Å². The molecule has 2 bridgehead atoms. The maximum absolute atomic E-state index is 6.14. The Morgan fingerprint density at radius 1 is 1.33 bits per heavy atom. The zero-order chi connectivity index (χ0) is 8.89. The van der Waals surface area contributed by atoms with Gasteiger partial charge in [0.2, 0.25) is 0 Å². The van der Waals surface area contributed by atoms with Gasteiger partial charge in [0, 0.05) is 12.3 Å². The third-order valence-corrected chi connectivity index (χ3v) is 5.01. The molecule has 4 rings (SSSR count). The highest BCUT2D eigenvalue weighted by Gasteiger charge is 2.51. The zero-order valence-electron chi connectivity index (χ0n) is 9.07. The fourth-order valence-electron chi connectivity index (χ4n) is 3.08. The number of thioether (sulfide) groups is 1. The van der Waals surface area contributed by atoms with E-state index in [9.17, 15) is 0 Å². The first-order valence-corrected chi connectivity index (χ1v) is 6.35. The molecule has 3 nitrogen and oxygen atoms in total. The van der Waals surface area contributed by atoms with E-state index in [-0.39, 0.29) is 23.5 Å². The first kappa shape index (κ1) is 13.6. The average Bonchev–Trinajstić information content (AvgIpc) is 2.49. The highest BCUT2D eigenvalue weighted by Crippen LogP contribution is 2.46. The maximum Gasteiger partial charge on any atom is 0.101 e. The van der Waals surface area contributed by atoms with Crippen LogP contribution < -0.4 is 0 Å². The molecule has 0 aromatic heterocycles. The molecule has 1 spiro atoms. The molecule has 4 heterocycles. The summed E-state index contributed by atoms with van der Waals surface area (Å²) < 4.78 is 6.14. The SMILES string of the molecule is CC1OC2(CS1)CN1CCC2CC1.Cl.O. The van der Waals surface area contributed by atoms with E-state index in [0.717, 1.165) is 5.92 Å². The molecule has 0 amide bonds. The molecule has 4 aliphatic heterocycles. The van der Waals surface area contributed by atoms with Crippen molar-refractivity contribution < 1.29 is 10.2 Å². The summed E-state index contributed by atoms with van der Waals surface area (Å²) in [6, 6.07) is 0. The summed E-state index contributed by atoms with van der Waals surface area (Å²) in [5.41, 5.74) is 0.682. The van der Waals surface area contributed by atoms with Gasteiger partial charge in [-0.2, -0.15) is 0 Å². The minimum Gasteiger partial charge on any atom is -0.412 e. The van der Waals surface area contributed by atoms with Crippen LogP contribution in [0.4, 0.5) is 0 Å². The Kier molecular flexibility index (Phi) is 4.35. The van der Waals surface area contributed by atoms with E-state index in [1.54, 1.807) is 0 Å². The number of rotatable bonds is 0. The fraction of sp³-hybridized carbons (Fsp3) is 1.00. The van der Waals surface area contributed by atoms with Crippen molar-refractivity contribution in [3.8, 4) is 0 Å². The molecule has 5 heteroatoms. The second-order valence-corrected chi connectivity index (χ2v) is 5.90. The van der Waals surface area contributed by atoms with Crippen molar-refractivity contribution in [3.05, 3.63) is 0 Å². The number of halogens is 1. The van der Waals surface area contributed by atoms with E-state index in [1.165, 1.54) is 38.2 Å². The Balaban J connectivity index is 0.000000562. The number of hydrogen-bond acceptors (Lipinski definition) is 3. The summed E-state index contributed by atoms with van der Waals surface area (Å²) in [7, 11) is 0. The smallest absolute Gasteiger partial charge is 0.101 e. The first-order valence-electron chi connectivity index (χ1n) is 5.30. The lowest BCUT2D eigenvalue weighted by Crippen LogP contribution is -2.60. The van der Waals surface area contributed by atoms with Gasteiger partial charge in [0.05, 0.1) is 5.60 Å².